The van der Waals surface area contributed by atoms with E-state index in [-0.39, 0.29) is 0 Å². The molecule has 2 aromatic heterocycles. The minimum absolute atomic E-state index is 0.471. The van der Waals surface area contributed by atoms with Crippen LogP contribution in [0.15, 0.2) is 18.2 Å². The second-order valence-corrected chi connectivity index (χ2v) is 8.87. The van der Waals surface area contributed by atoms with Crippen LogP contribution in [0, 0.1) is 12.8 Å². The van der Waals surface area contributed by atoms with E-state index in [0.717, 1.165) is 52.5 Å². The Bertz CT molecular complexity index is 979. The second-order valence-electron chi connectivity index (χ2n) is 7.99. The Labute approximate surface area is 184 Å². The van der Waals surface area contributed by atoms with Crippen LogP contribution in [0.2, 0.25) is 0 Å². The van der Waals surface area contributed by atoms with Crippen LogP contribution in [0.3, 0.4) is 0 Å². The summed E-state index contributed by atoms with van der Waals surface area (Å²) in [6.45, 7) is 9.35. The first-order valence-electron chi connectivity index (χ1n) is 10.9. The molecule has 164 valence electrons. The van der Waals surface area contributed by atoms with Gasteiger partial charge in [0.05, 0.1) is 17.6 Å². The Hall–Kier alpha value is -1.99. The fourth-order valence-electron chi connectivity index (χ4n) is 3.90. The summed E-state index contributed by atoms with van der Waals surface area (Å²) in [6, 6.07) is 6.08. The molecule has 4 rings (SSSR count). The van der Waals surface area contributed by atoms with Crippen molar-refractivity contribution in [1.82, 2.24) is 18.8 Å². The number of nitrogen functional groups attached to an aromatic ring is 1. The van der Waals surface area contributed by atoms with E-state index in [2.05, 4.69) is 45.0 Å². The van der Waals surface area contributed by atoms with Crippen molar-refractivity contribution in [2.24, 2.45) is 13.0 Å². The van der Waals surface area contributed by atoms with Crippen LogP contribution in [0.25, 0.3) is 21.9 Å². The molecule has 0 spiro atoms. The summed E-state index contributed by atoms with van der Waals surface area (Å²) in [7, 11) is 2.01. The van der Waals surface area contributed by atoms with E-state index in [4.69, 9.17) is 10.5 Å². The molecule has 1 aliphatic rings. The summed E-state index contributed by atoms with van der Waals surface area (Å²) in [5.74, 6) is 3.02. The molecule has 1 aromatic carbocycles. The van der Waals surface area contributed by atoms with Gasteiger partial charge in [-0.1, -0.05) is 32.2 Å². The van der Waals surface area contributed by atoms with Crippen molar-refractivity contribution in [1.29, 1.82) is 0 Å². The first-order valence-corrected chi connectivity index (χ1v) is 12.1. The minimum Gasteiger partial charge on any atom is -0.494 e. The molecule has 0 amide bonds. The fraction of sp³-hybridized carbons (Fsp3) is 0.565. The van der Waals surface area contributed by atoms with Gasteiger partial charge < -0.3 is 15.0 Å². The summed E-state index contributed by atoms with van der Waals surface area (Å²) in [6.07, 6.45) is 7.04. The maximum Gasteiger partial charge on any atom is 0.152 e. The summed E-state index contributed by atoms with van der Waals surface area (Å²) in [5, 5.41) is 1.05. The van der Waals surface area contributed by atoms with Gasteiger partial charge in [0.1, 0.15) is 17.1 Å². The zero-order chi connectivity index (χ0) is 21.7. The van der Waals surface area contributed by atoms with Crippen LogP contribution in [0.4, 0.5) is 5.82 Å². The van der Waals surface area contributed by atoms with Gasteiger partial charge in [-0.3, -0.25) is 4.31 Å². The van der Waals surface area contributed by atoms with Crippen molar-refractivity contribution in [2.45, 2.75) is 46.5 Å². The minimum atomic E-state index is 0.471. The normalized spacial score (nSPS) is 15.4. The van der Waals surface area contributed by atoms with Gasteiger partial charge in [0, 0.05) is 31.6 Å². The van der Waals surface area contributed by atoms with Gasteiger partial charge in [-0.2, -0.15) is 0 Å². The van der Waals surface area contributed by atoms with Crippen LogP contribution >= 0.6 is 11.9 Å². The highest BCUT2D eigenvalue weighted by molar-refractivity contribution is 7.96. The Kier molecular flexibility index (Phi) is 7.83. The number of piperidine rings is 1. The van der Waals surface area contributed by atoms with Crippen LogP contribution in [-0.2, 0) is 7.05 Å². The Morgan fingerprint density at radius 2 is 1.90 bits per heavy atom. The number of aromatic nitrogens is 3. The maximum absolute atomic E-state index is 6.14. The van der Waals surface area contributed by atoms with E-state index in [9.17, 15) is 0 Å². The smallest absolute Gasteiger partial charge is 0.152 e. The van der Waals surface area contributed by atoms with E-state index in [1.54, 1.807) is 0 Å². The number of hydrogen-bond donors (Lipinski definition) is 1. The van der Waals surface area contributed by atoms with E-state index < -0.39 is 0 Å². The number of pyridine rings is 1. The molecule has 3 heterocycles. The highest BCUT2D eigenvalue weighted by Crippen LogP contribution is 2.30. The SMILES string of the molecule is CCC.CSN1CCC(CCOc2ccc3c(c2)nc(N)c2nc(C)n(C)c23)CC1. The van der Waals surface area contributed by atoms with E-state index >= 15 is 0 Å². The summed E-state index contributed by atoms with van der Waals surface area (Å²) in [5.41, 5.74) is 8.80. The van der Waals surface area contributed by atoms with E-state index in [1.165, 1.54) is 32.4 Å². The molecule has 0 unspecified atom stereocenters. The van der Waals surface area contributed by atoms with Gasteiger partial charge in [-0.15, -0.1) is 0 Å². The van der Waals surface area contributed by atoms with Crippen LogP contribution in [0.5, 0.6) is 5.75 Å². The van der Waals surface area contributed by atoms with Gasteiger partial charge in [-0.05, 0) is 50.5 Å². The molecule has 6 nitrogen and oxygen atoms in total. The molecular formula is C23H35N5OS. The lowest BCUT2D eigenvalue weighted by Gasteiger charge is -2.29. The standard InChI is InChI=1S/C20H27N5OS.C3H8/c1-13-22-18-19(24(13)2)16-5-4-15(12-17(16)23-20(18)21)26-11-8-14-6-9-25(27-3)10-7-14;1-3-2/h4-5,12,14H,6-11H2,1-3H3,(H2,21,23);3H2,1-2H3. The predicted octanol–water partition coefficient (Wildman–Crippen LogP) is 5.19. The molecule has 0 aliphatic carbocycles. The first-order chi connectivity index (χ1) is 14.5. The largest absolute Gasteiger partial charge is 0.494 e. The number of benzene rings is 1. The van der Waals surface area contributed by atoms with Gasteiger partial charge in [0.15, 0.2) is 5.82 Å². The number of imidazole rings is 1. The van der Waals surface area contributed by atoms with Crippen LogP contribution in [-0.4, -0.2) is 44.8 Å². The number of aryl methyl sites for hydroxylation is 2. The topological polar surface area (TPSA) is 69.2 Å². The number of nitrogens with zero attached hydrogens (tertiary/aromatic N) is 4. The summed E-state index contributed by atoms with van der Waals surface area (Å²) in [4.78, 5) is 9.09. The maximum atomic E-state index is 6.14. The van der Waals surface area contributed by atoms with Crippen molar-refractivity contribution in [3.8, 4) is 5.75 Å². The lowest BCUT2D eigenvalue weighted by molar-refractivity contribution is 0.226. The van der Waals surface area contributed by atoms with Gasteiger partial charge >= 0.3 is 0 Å². The third-order valence-electron chi connectivity index (χ3n) is 5.65. The fourth-order valence-corrected chi connectivity index (χ4v) is 4.47. The first kappa shape index (κ1) is 22.7. The molecular weight excluding hydrogens is 394 g/mol. The zero-order valence-electron chi connectivity index (χ0n) is 18.9. The van der Waals surface area contributed by atoms with Crippen molar-refractivity contribution in [3.05, 3.63) is 24.0 Å². The molecule has 1 aliphatic heterocycles. The summed E-state index contributed by atoms with van der Waals surface area (Å²) >= 11 is 1.85. The quantitative estimate of drug-likeness (QED) is 0.563. The molecule has 0 radical (unpaired) electrons. The molecule has 2 N–H and O–H groups in total. The molecule has 0 atom stereocenters. The second kappa shape index (κ2) is 10.4. The Morgan fingerprint density at radius 1 is 1.20 bits per heavy atom. The van der Waals surface area contributed by atoms with E-state index in [1.807, 2.05) is 38.1 Å². The third kappa shape index (κ3) is 5.01. The molecule has 1 fully saturated rings. The van der Waals surface area contributed by atoms with Crippen LogP contribution in [0.1, 0.15) is 45.4 Å². The van der Waals surface area contributed by atoms with Gasteiger partial charge in [-0.25, -0.2) is 9.97 Å². The van der Waals surface area contributed by atoms with Gasteiger partial charge in [0.2, 0.25) is 0 Å². The highest BCUT2D eigenvalue weighted by Gasteiger charge is 2.18. The Morgan fingerprint density at radius 3 is 2.57 bits per heavy atom. The molecule has 3 aromatic rings. The van der Waals surface area contributed by atoms with Crippen molar-refractivity contribution in [2.75, 3.05) is 31.7 Å². The lowest BCUT2D eigenvalue weighted by Crippen LogP contribution is -2.28. The lowest BCUT2D eigenvalue weighted by atomic mass is 9.95. The number of rotatable bonds is 5. The highest BCUT2D eigenvalue weighted by atomic mass is 32.2. The number of anilines is 1. The molecule has 1 saturated heterocycles. The molecule has 7 heteroatoms. The predicted molar refractivity (Wildman–Crippen MR) is 129 cm³/mol. The number of ether oxygens (including phenoxy) is 1. The van der Waals surface area contributed by atoms with Crippen molar-refractivity contribution >= 4 is 39.7 Å². The van der Waals surface area contributed by atoms with Crippen molar-refractivity contribution in [3.63, 3.8) is 0 Å². The Balaban J connectivity index is 0.000000806. The number of fused-ring (bicyclic) bond motifs is 3. The molecule has 0 saturated carbocycles. The number of hydrogen-bond acceptors (Lipinski definition) is 6. The summed E-state index contributed by atoms with van der Waals surface area (Å²) < 4.78 is 10.5. The van der Waals surface area contributed by atoms with Crippen LogP contribution < -0.4 is 10.5 Å². The third-order valence-corrected chi connectivity index (χ3v) is 6.53. The number of nitrogens with two attached hydrogens (primary N) is 1. The molecule has 0 bridgehead atoms. The van der Waals surface area contributed by atoms with E-state index in [0.29, 0.717) is 5.82 Å². The molecule has 30 heavy (non-hydrogen) atoms. The van der Waals surface area contributed by atoms with Crippen molar-refractivity contribution < 1.29 is 4.74 Å². The average Bonchev–Trinajstić information content (AvgIpc) is 3.05. The zero-order valence-corrected chi connectivity index (χ0v) is 19.8. The average molecular weight is 430 g/mol. The monoisotopic (exact) mass is 429 g/mol. The van der Waals surface area contributed by atoms with Gasteiger partial charge in [0.25, 0.3) is 0 Å².